The van der Waals surface area contributed by atoms with Gasteiger partial charge < -0.3 is 9.84 Å². The van der Waals surface area contributed by atoms with Crippen molar-refractivity contribution < 1.29 is 14.1 Å². The van der Waals surface area contributed by atoms with Crippen LogP contribution in [0.3, 0.4) is 0 Å². The Bertz CT molecular complexity index is 1480. The second kappa shape index (κ2) is 11.7. The molecule has 3 aromatic carbocycles. The van der Waals surface area contributed by atoms with Gasteiger partial charge in [-0.1, -0.05) is 73.9 Å². The van der Waals surface area contributed by atoms with Crippen LogP contribution in [-0.2, 0) is 16.8 Å². The zero-order chi connectivity index (χ0) is 28.3. The molecule has 40 heavy (non-hydrogen) atoms. The first-order valence-corrected chi connectivity index (χ1v) is 13.9. The second-order valence-electron chi connectivity index (χ2n) is 11.3. The lowest BCUT2D eigenvalue weighted by Gasteiger charge is -2.30. The van der Waals surface area contributed by atoms with E-state index in [2.05, 4.69) is 41.1 Å². The summed E-state index contributed by atoms with van der Waals surface area (Å²) in [5.74, 6) is 0.880. The number of carbonyl (C=O) groups excluding carboxylic acids is 2. The van der Waals surface area contributed by atoms with Gasteiger partial charge >= 0.3 is 0 Å². The molecule has 1 saturated heterocycles. The molecule has 1 amide bonds. The molecule has 1 aliphatic rings. The number of aromatic nitrogens is 2. The van der Waals surface area contributed by atoms with Crippen molar-refractivity contribution in [2.75, 3.05) is 18.4 Å². The van der Waals surface area contributed by atoms with Gasteiger partial charge in [0.05, 0.1) is 6.54 Å². The summed E-state index contributed by atoms with van der Waals surface area (Å²) >= 11 is 5.96. The van der Waals surface area contributed by atoms with E-state index >= 15 is 0 Å². The quantitative estimate of drug-likeness (QED) is 0.253. The van der Waals surface area contributed by atoms with Crippen LogP contribution in [0.25, 0.3) is 11.4 Å². The van der Waals surface area contributed by atoms with E-state index in [1.165, 1.54) is 5.56 Å². The molecule has 8 heteroatoms. The Hall–Kier alpha value is -3.81. The zero-order valence-corrected chi connectivity index (χ0v) is 23.7. The number of ketones is 1. The van der Waals surface area contributed by atoms with Crippen LogP contribution in [0.15, 0.2) is 77.3 Å². The lowest BCUT2D eigenvalue weighted by atomic mass is 9.86. The number of nitrogens with zero attached hydrogens (tertiary/aromatic N) is 3. The molecule has 0 aliphatic carbocycles. The first-order valence-electron chi connectivity index (χ1n) is 13.5. The summed E-state index contributed by atoms with van der Waals surface area (Å²) < 4.78 is 5.45. The Labute approximate surface area is 239 Å². The Kier molecular flexibility index (Phi) is 8.14. The van der Waals surface area contributed by atoms with E-state index in [1.807, 2.05) is 42.5 Å². The number of likely N-dealkylation sites (tertiary alicyclic amines) is 1. The zero-order valence-electron chi connectivity index (χ0n) is 23.0. The molecule has 1 fully saturated rings. The Morgan fingerprint density at radius 2 is 1.68 bits per heavy atom. The average Bonchev–Trinajstić information content (AvgIpc) is 3.41. The largest absolute Gasteiger partial charge is 0.338 e. The predicted octanol–water partition coefficient (Wildman–Crippen LogP) is 6.77. The van der Waals surface area contributed by atoms with Gasteiger partial charge in [-0.3, -0.25) is 14.5 Å². The number of hydrogen-bond donors (Lipinski definition) is 1. The summed E-state index contributed by atoms with van der Waals surface area (Å²) in [5.41, 5.74) is 3.86. The highest BCUT2D eigenvalue weighted by Crippen LogP contribution is 2.25. The summed E-state index contributed by atoms with van der Waals surface area (Å²) in [4.78, 5) is 32.8. The minimum atomic E-state index is -0.104. The number of nitrogens with one attached hydrogen (secondary N) is 1. The Morgan fingerprint density at radius 1 is 0.975 bits per heavy atom. The van der Waals surface area contributed by atoms with Gasteiger partial charge in [0.25, 0.3) is 0 Å². The fourth-order valence-corrected chi connectivity index (χ4v) is 4.98. The van der Waals surface area contributed by atoms with Crippen molar-refractivity contribution in [1.82, 2.24) is 15.0 Å². The first kappa shape index (κ1) is 27.7. The molecule has 0 spiro atoms. The van der Waals surface area contributed by atoms with Gasteiger partial charge in [-0.25, -0.2) is 0 Å². The summed E-state index contributed by atoms with van der Waals surface area (Å²) in [6.07, 6.45) is 1.45. The van der Waals surface area contributed by atoms with Gasteiger partial charge in [-0.15, -0.1) is 0 Å². The summed E-state index contributed by atoms with van der Waals surface area (Å²) in [7, 11) is 0. The van der Waals surface area contributed by atoms with Crippen molar-refractivity contribution in [2.24, 2.45) is 5.92 Å². The molecule has 1 aliphatic heterocycles. The van der Waals surface area contributed by atoms with E-state index in [0.29, 0.717) is 40.1 Å². The highest BCUT2D eigenvalue weighted by Gasteiger charge is 2.26. The number of piperidine rings is 1. The van der Waals surface area contributed by atoms with Crippen molar-refractivity contribution in [2.45, 2.75) is 45.6 Å². The van der Waals surface area contributed by atoms with Gasteiger partial charge in [0.1, 0.15) is 0 Å². The monoisotopic (exact) mass is 556 g/mol. The van der Waals surface area contributed by atoms with E-state index in [-0.39, 0.29) is 23.0 Å². The highest BCUT2D eigenvalue weighted by atomic mass is 35.5. The Morgan fingerprint density at radius 3 is 2.35 bits per heavy atom. The molecule has 2 heterocycles. The molecule has 7 nitrogen and oxygen atoms in total. The fourth-order valence-electron chi connectivity index (χ4n) is 4.85. The van der Waals surface area contributed by atoms with Crippen LogP contribution in [0.1, 0.15) is 61.0 Å². The SMILES string of the molecule is CC(C)(C)c1ccc(C(=O)c2cccc(NC(=O)C3CCN(Cc4nc(-c5ccc(Cl)cc5)no4)CC3)c2)cc1. The topological polar surface area (TPSA) is 88.3 Å². The van der Waals surface area contributed by atoms with Crippen LogP contribution in [-0.4, -0.2) is 39.8 Å². The molecule has 5 rings (SSSR count). The summed E-state index contributed by atoms with van der Waals surface area (Å²) in [5, 5.41) is 7.75. The number of halogens is 1. The van der Waals surface area contributed by atoms with Gasteiger partial charge in [0, 0.05) is 33.3 Å². The van der Waals surface area contributed by atoms with Gasteiger partial charge in [-0.05, 0) is 73.3 Å². The number of hydrogen-bond acceptors (Lipinski definition) is 6. The molecule has 0 saturated carbocycles. The van der Waals surface area contributed by atoms with Crippen LogP contribution < -0.4 is 5.32 Å². The number of amides is 1. The molecule has 4 aromatic rings. The predicted molar refractivity (Wildman–Crippen MR) is 156 cm³/mol. The number of anilines is 1. The maximum Gasteiger partial charge on any atom is 0.241 e. The van der Waals surface area contributed by atoms with E-state index in [0.717, 1.165) is 31.5 Å². The van der Waals surface area contributed by atoms with Crippen LogP contribution in [0.2, 0.25) is 5.02 Å². The van der Waals surface area contributed by atoms with Crippen LogP contribution >= 0.6 is 11.6 Å². The number of carbonyl (C=O) groups is 2. The van der Waals surface area contributed by atoms with Crippen molar-refractivity contribution in [3.8, 4) is 11.4 Å². The molecule has 0 radical (unpaired) electrons. The van der Waals surface area contributed by atoms with E-state index < -0.39 is 0 Å². The maximum absolute atomic E-state index is 13.1. The molecule has 0 bridgehead atoms. The highest BCUT2D eigenvalue weighted by molar-refractivity contribution is 6.30. The lowest BCUT2D eigenvalue weighted by Crippen LogP contribution is -2.37. The van der Waals surface area contributed by atoms with Crippen LogP contribution in [0.5, 0.6) is 0 Å². The van der Waals surface area contributed by atoms with E-state index in [1.54, 1.807) is 30.3 Å². The smallest absolute Gasteiger partial charge is 0.241 e. The third kappa shape index (κ3) is 6.66. The van der Waals surface area contributed by atoms with Crippen LogP contribution in [0.4, 0.5) is 5.69 Å². The minimum Gasteiger partial charge on any atom is -0.338 e. The standard InChI is InChI=1S/C32H33ClN4O3/c1-32(2,3)25-11-7-21(8-12-25)29(38)24-5-4-6-27(19-24)34-31(39)23-15-17-37(18-16-23)20-28-35-30(36-40-28)22-9-13-26(33)14-10-22/h4-14,19,23H,15-18,20H2,1-3H3,(H,34,39). The first-order chi connectivity index (χ1) is 19.2. The summed E-state index contributed by atoms with van der Waals surface area (Å²) in [6, 6.07) is 22.2. The third-order valence-corrected chi connectivity index (χ3v) is 7.55. The minimum absolute atomic E-state index is 0.0241. The molecule has 1 aromatic heterocycles. The normalized spacial score (nSPS) is 14.7. The fraction of sp³-hybridized carbons (Fsp3) is 0.312. The van der Waals surface area contributed by atoms with Crippen molar-refractivity contribution in [1.29, 1.82) is 0 Å². The molecular weight excluding hydrogens is 524 g/mol. The van der Waals surface area contributed by atoms with Crippen molar-refractivity contribution in [3.63, 3.8) is 0 Å². The van der Waals surface area contributed by atoms with E-state index in [4.69, 9.17) is 16.1 Å². The van der Waals surface area contributed by atoms with Crippen molar-refractivity contribution >= 4 is 29.0 Å². The molecule has 1 N–H and O–H groups in total. The third-order valence-electron chi connectivity index (χ3n) is 7.29. The van der Waals surface area contributed by atoms with Crippen LogP contribution in [0, 0.1) is 5.92 Å². The average molecular weight is 557 g/mol. The van der Waals surface area contributed by atoms with E-state index in [9.17, 15) is 9.59 Å². The summed E-state index contributed by atoms with van der Waals surface area (Å²) in [6.45, 7) is 8.47. The van der Waals surface area contributed by atoms with Crippen molar-refractivity contribution in [3.05, 3.63) is 100 Å². The molecule has 206 valence electrons. The second-order valence-corrected chi connectivity index (χ2v) is 11.7. The van der Waals surface area contributed by atoms with Gasteiger partial charge in [0.15, 0.2) is 5.78 Å². The number of rotatable bonds is 7. The molecule has 0 atom stereocenters. The number of benzene rings is 3. The lowest BCUT2D eigenvalue weighted by molar-refractivity contribution is -0.121. The maximum atomic E-state index is 13.1. The van der Waals surface area contributed by atoms with Gasteiger partial charge in [0.2, 0.25) is 17.6 Å². The molecular formula is C32H33ClN4O3. The molecule has 0 unspecified atom stereocenters. The Balaban J connectivity index is 1.14. The van der Waals surface area contributed by atoms with Gasteiger partial charge in [-0.2, -0.15) is 4.98 Å².